The molecule has 0 saturated heterocycles. The number of nitrogens with one attached hydrogen (secondary N) is 1. The molecule has 0 radical (unpaired) electrons. The van der Waals surface area contributed by atoms with Crippen molar-refractivity contribution in [2.75, 3.05) is 20.6 Å². The Bertz CT molecular complexity index is 431. The van der Waals surface area contributed by atoms with Crippen molar-refractivity contribution in [3.63, 3.8) is 0 Å². The predicted octanol–water partition coefficient (Wildman–Crippen LogP) is 1.70. The Morgan fingerprint density at radius 2 is 1.89 bits per heavy atom. The number of nitrogens with zero attached hydrogens (tertiary/aromatic N) is 1. The molecule has 0 heterocycles. The molecular weight excluding hydrogens is 296 g/mol. The lowest BCUT2D eigenvalue weighted by Crippen LogP contribution is -2.42. The Balaban J connectivity index is 2.71. The third-order valence-corrected chi connectivity index (χ3v) is 3.37. The van der Waals surface area contributed by atoms with Gasteiger partial charge in [0.2, 0.25) is 5.91 Å². The fourth-order valence-electron chi connectivity index (χ4n) is 1.50. The molecule has 1 unspecified atom stereocenters. The highest BCUT2D eigenvalue weighted by Crippen LogP contribution is 2.13. The molecule has 18 heavy (non-hydrogen) atoms. The summed E-state index contributed by atoms with van der Waals surface area (Å²) >= 11 is 3.33. The van der Waals surface area contributed by atoms with Crippen LogP contribution in [0.2, 0.25) is 0 Å². The van der Waals surface area contributed by atoms with Crippen LogP contribution < -0.4 is 5.32 Å². The second-order valence-electron chi connectivity index (χ2n) is 4.14. The number of hydrogen-bond donors (Lipinski definition) is 1. The Morgan fingerprint density at radius 3 is 2.39 bits per heavy atom. The van der Waals surface area contributed by atoms with E-state index in [0.717, 1.165) is 4.47 Å². The molecule has 1 aromatic rings. The molecule has 0 bridgehead atoms. The van der Waals surface area contributed by atoms with Crippen molar-refractivity contribution in [2.45, 2.75) is 13.0 Å². The smallest absolute Gasteiger partial charge is 0.233 e. The summed E-state index contributed by atoms with van der Waals surface area (Å²) in [5.74, 6) is -0.0955. The van der Waals surface area contributed by atoms with Crippen LogP contribution >= 0.6 is 15.9 Å². The molecule has 0 spiro atoms. The van der Waals surface area contributed by atoms with Crippen molar-refractivity contribution in [2.24, 2.45) is 0 Å². The SMILES string of the molecule is CNC(=O)CN(C)C(C)C(=O)c1ccc(Br)cc1. The maximum atomic E-state index is 12.2. The number of hydrogen-bond acceptors (Lipinski definition) is 3. The number of benzene rings is 1. The Hall–Kier alpha value is -1.20. The molecule has 0 aliphatic heterocycles. The number of carbonyl (C=O) groups excluding carboxylic acids is 2. The van der Waals surface area contributed by atoms with Crippen LogP contribution in [0.1, 0.15) is 17.3 Å². The fraction of sp³-hybridized carbons (Fsp3) is 0.385. The van der Waals surface area contributed by atoms with Crippen molar-refractivity contribution in [3.8, 4) is 0 Å². The fourth-order valence-corrected chi connectivity index (χ4v) is 1.76. The molecule has 0 aromatic heterocycles. The number of Topliss-reactive ketones (excluding diaryl/α,β-unsaturated/α-hetero) is 1. The summed E-state index contributed by atoms with van der Waals surface area (Å²) in [6.07, 6.45) is 0. The van der Waals surface area contributed by atoms with Gasteiger partial charge in [-0.2, -0.15) is 0 Å². The molecule has 4 nitrogen and oxygen atoms in total. The van der Waals surface area contributed by atoms with Crippen LogP contribution in [0.25, 0.3) is 0 Å². The van der Waals surface area contributed by atoms with Crippen LogP contribution in [0.15, 0.2) is 28.7 Å². The van der Waals surface area contributed by atoms with E-state index in [1.807, 2.05) is 12.1 Å². The van der Waals surface area contributed by atoms with Crippen molar-refractivity contribution in [3.05, 3.63) is 34.3 Å². The minimum absolute atomic E-state index is 0.00824. The van der Waals surface area contributed by atoms with E-state index in [1.165, 1.54) is 0 Å². The van der Waals surface area contributed by atoms with Crippen molar-refractivity contribution in [1.82, 2.24) is 10.2 Å². The van der Waals surface area contributed by atoms with Crippen molar-refractivity contribution >= 4 is 27.6 Å². The zero-order valence-corrected chi connectivity index (χ0v) is 12.3. The van der Waals surface area contributed by atoms with Crippen molar-refractivity contribution in [1.29, 1.82) is 0 Å². The second kappa shape index (κ2) is 6.66. The first kappa shape index (κ1) is 14.9. The predicted molar refractivity (Wildman–Crippen MR) is 74.6 cm³/mol. The van der Waals surface area contributed by atoms with E-state index >= 15 is 0 Å². The molecule has 1 amide bonds. The monoisotopic (exact) mass is 312 g/mol. The summed E-state index contributed by atoms with van der Waals surface area (Å²) in [6.45, 7) is 2.01. The third-order valence-electron chi connectivity index (χ3n) is 2.84. The average Bonchev–Trinajstić information content (AvgIpc) is 2.37. The maximum absolute atomic E-state index is 12.2. The summed E-state index contributed by atoms with van der Waals surface area (Å²) in [5.41, 5.74) is 0.648. The van der Waals surface area contributed by atoms with E-state index in [9.17, 15) is 9.59 Å². The topological polar surface area (TPSA) is 49.4 Å². The van der Waals surface area contributed by atoms with Gasteiger partial charge in [0, 0.05) is 17.1 Å². The molecule has 98 valence electrons. The highest BCUT2D eigenvalue weighted by molar-refractivity contribution is 9.10. The molecule has 0 fully saturated rings. The Morgan fingerprint density at radius 1 is 1.33 bits per heavy atom. The van der Waals surface area contributed by atoms with Gasteiger partial charge in [0.1, 0.15) is 0 Å². The lowest BCUT2D eigenvalue weighted by Gasteiger charge is -2.22. The van der Waals surface area contributed by atoms with Gasteiger partial charge < -0.3 is 5.32 Å². The molecule has 0 saturated carbocycles. The maximum Gasteiger partial charge on any atom is 0.233 e. The number of amides is 1. The van der Waals surface area contributed by atoms with Gasteiger partial charge in [0.25, 0.3) is 0 Å². The first-order valence-corrected chi connectivity index (χ1v) is 6.45. The van der Waals surface area contributed by atoms with E-state index in [1.54, 1.807) is 38.1 Å². The number of likely N-dealkylation sites (N-methyl/N-ethyl adjacent to an activating group) is 2. The minimum atomic E-state index is -0.330. The number of ketones is 1. The summed E-state index contributed by atoms with van der Waals surface area (Å²) < 4.78 is 0.936. The number of rotatable bonds is 5. The molecule has 0 aliphatic rings. The number of halogens is 1. The van der Waals surface area contributed by atoms with Gasteiger partial charge in [0.15, 0.2) is 5.78 Å². The Labute approximate surface area is 115 Å². The lowest BCUT2D eigenvalue weighted by atomic mass is 10.0. The van der Waals surface area contributed by atoms with Gasteiger partial charge in [0.05, 0.1) is 12.6 Å². The van der Waals surface area contributed by atoms with Crippen LogP contribution in [-0.2, 0) is 4.79 Å². The molecule has 1 aromatic carbocycles. The van der Waals surface area contributed by atoms with Crippen molar-refractivity contribution < 1.29 is 9.59 Å². The van der Waals surface area contributed by atoms with Crippen LogP contribution in [0.3, 0.4) is 0 Å². The lowest BCUT2D eigenvalue weighted by molar-refractivity contribution is -0.121. The summed E-state index contributed by atoms with van der Waals surface area (Å²) in [6, 6.07) is 6.88. The first-order valence-electron chi connectivity index (χ1n) is 5.66. The molecule has 1 N–H and O–H groups in total. The van der Waals surface area contributed by atoms with Gasteiger partial charge in [-0.3, -0.25) is 14.5 Å². The zero-order chi connectivity index (χ0) is 13.7. The van der Waals surface area contributed by atoms with Gasteiger partial charge in [-0.15, -0.1) is 0 Å². The van der Waals surface area contributed by atoms with Crippen LogP contribution in [0, 0.1) is 0 Å². The summed E-state index contributed by atoms with van der Waals surface area (Å²) in [4.78, 5) is 25.2. The van der Waals surface area contributed by atoms with E-state index in [4.69, 9.17) is 0 Å². The van der Waals surface area contributed by atoms with Crippen LogP contribution in [-0.4, -0.2) is 43.3 Å². The minimum Gasteiger partial charge on any atom is -0.358 e. The van der Waals surface area contributed by atoms with Gasteiger partial charge >= 0.3 is 0 Å². The molecule has 0 aliphatic carbocycles. The summed E-state index contributed by atoms with van der Waals surface area (Å²) in [5, 5.41) is 2.54. The third kappa shape index (κ3) is 3.92. The second-order valence-corrected chi connectivity index (χ2v) is 5.05. The highest BCUT2D eigenvalue weighted by Gasteiger charge is 2.20. The highest BCUT2D eigenvalue weighted by atomic mass is 79.9. The quantitative estimate of drug-likeness (QED) is 0.842. The molecule has 1 atom stereocenters. The average molecular weight is 313 g/mol. The van der Waals surface area contributed by atoms with Gasteiger partial charge in [-0.05, 0) is 26.1 Å². The standard InChI is InChI=1S/C13H17BrN2O2/c1-9(16(3)8-12(17)15-2)13(18)10-4-6-11(14)7-5-10/h4-7,9H,8H2,1-3H3,(H,15,17). The van der Waals surface area contributed by atoms with E-state index < -0.39 is 0 Å². The Kier molecular flexibility index (Phi) is 5.50. The molecular formula is C13H17BrN2O2. The normalized spacial score (nSPS) is 12.3. The van der Waals surface area contributed by atoms with Crippen LogP contribution in [0.5, 0.6) is 0 Å². The summed E-state index contributed by atoms with van der Waals surface area (Å²) in [7, 11) is 3.34. The largest absolute Gasteiger partial charge is 0.358 e. The van der Waals surface area contributed by atoms with Gasteiger partial charge in [-0.1, -0.05) is 28.1 Å². The first-order chi connectivity index (χ1) is 8.45. The zero-order valence-electron chi connectivity index (χ0n) is 10.7. The number of carbonyl (C=O) groups is 2. The van der Waals surface area contributed by atoms with Crippen LogP contribution in [0.4, 0.5) is 0 Å². The van der Waals surface area contributed by atoms with E-state index in [2.05, 4.69) is 21.2 Å². The van der Waals surface area contributed by atoms with E-state index in [-0.39, 0.29) is 24.3 Å². The van der Waals surface area contributed by atoms with E-state index in [0.29, 0.717) is 5.56 Å². The van der Waals surface area contributed by atoms with Gasteiger partial charge in [-0.25, -0.2) is 0 Å². The molecule has 1 rings (SSSR count). The molecule has 5 heteroatoms.